The van der Waals surface area contributed by atoms with Crippen LogP contribution in [0.4, 0.5) is 10.9 Å². The maximum atomic E-state index is 12.6. The number of benzene rings is 1. The van der Waals surface area contributed by atoms with E-state index >= 15 is 0 Å². The molecule has 2 aromatic heterocycles. The fourth-order valence-electron chi connectivity index (χ4n) is 7.18. The van der Waals surface area contributed by atoms with Gasteiger partial charge in [-0.2, -0.15) is 17.9 Å². The van der Waals surface area contributed by atoms with Gasteiger partial charge in [-0.25, -0.2) is 9.97 Å². The average Bonchev–Trinajstić information content (AvgIpc) is 3.71. The number of thiol groups is 1. The molecule has 4 aliphatic rings. The van der Waals surface area contributed by atoms with Crippen LogP contribution in [0.5, 0.6) is 0 Å². The number of nitrogens with zero attached hydrogens (tertiary/aromatic N) is 5. The molecule has 3 aromatic rings. The number of halogens is 1. The van der Waals surface area contributed by atoms with E-state index in [4.69, 9.17) is 34.0 Å². The highest BCUT2D eigenvalue weighted by Gasteiger charge is 2.40. The summed E-state index contributed by atoms with van der Waals surface area (Å²) in [4.78, 5) is 38.2. The van der Waals surface area contributed by atoms with Crippen LogP contribution < -0.4 is 16.0 Å². The van der Waals surface area contributed by atoms with Crippen molar-refractivity contribution in [2.45, 2.75) is 69.1 Å². The second kappa shape index (κ2) is 14.3. The SMILES string of the molecule is N#CC1(CNc2nc(-c3cc(NC4CCN(Cc5cccc6c5CN(C5CCC(=O)NC5=O)C6S)CC4)ncc3Cl)cs2)CCOCC1. The van der Waals surface area contributed by atoms with E-state index in [2.05, 4.69) is 55.0 Å². The topological polar surface area (TPSA) is 136 Å². The molecule has 11 nitrogen and oxygen atoms in total. The van der Waals surface area contributed by atoms with Gasteiger partial charge in [-0.1, -0.05) is 29.8 Å². The molecule has 0 radical (unpaired) electrons. The van der Waals surface area contributed by atoms with E-state index in [9.17, 15) is 14.9 Å². The number of thiazole rings is 1. The van der Waals surface area contributed by atoms with E-state index in [1.54, 1.807) is 6.20 Å². The summed E-state index contributed by atoms with van der Waals surface area (Å²) in [5.74, 6) is 0.351. The summed E-state index contributed by atoms with van der Waals surface area (Å²) in [6.45, 7) is 5.14. The first kappa shape index (κ1) is 33.3. The standard InChI is InChI=1S/C34H39ClN8O3S2/c35-26-15-37-29(14-24(26)27-18-48-33(40-27)38-20-34(19-36)8-12-46-13-9-34)39-22-6-10-42(11-7-22)16-21-2-1-3-23-25(21)17-43(32(23)47)28-4-5-30(44)41-31(28)45/h1-3,14-15,18,22,28,32,47H,4-13,16-17,20H2,(H,37,39)(H,38,40)(H,41,44,45). The Morgan fingerprint density at radius 1 is 1.21 bits per heavy atom. The van der Waals surface area contributed by atoms with Crippen LogP contribution in [0, 0.1) is 16.7 Å². The molecule has 48 heavy (non-hydrogen) atoms. The zero-order valence-corrected chi connectivity index (χ0v) is 29.0. The van der Waals surface area contributed by atoms with Crippen LogP contribution in [-0.4, -0.2) is 76.5 Å². The molecule has 3 N–H and O–H groups in total. The van der Waals surface area contributed by atoms with Gasteiger partial charge in [-0.3, -0.25) is 24.7 Å². The van der Waals surface area contributed by atoms with E-state index < -0.39 is 5.41 Å². The fraction of sp³-hybridized carbons (Fsp3) is 0.500. The van der Waals surface area contributed by atoms with Crippen LogP contribution in [-0.2, 0) is 27.4 Å². The van der Waals surface area contributed by atoms with E-state index in [0.29, 0.717) is 44.2 Å². The normalized spacial score (nSPS) is 23.4. The zero-order valence-electron chi connectivity index (χ0n) is 26.6. The number of hydrogen-bond acceptors (Lipinski definition) is 12. The number of carbonyl (C=O) groups is 2. The number of anilines is 2. The lowest BCUT2D eigenvalue weighted by Crippen LogP contribution is -2.51. The Labute approximate surface area is 294 Å². The highest BCUT2D eigenvalue weighted by atomic mass is 35.5. The van der Waals surface area contributed by atoms with Gasteiger partial charge in [-0.05, 0) is 54.9 Å². The van der Waals surface area contributed by atoms with Gasteiger partial charge in [-0.15, -0.1) is 11.3 Å². The van der Waals surface area contributed by atoms with Crippen molar-refractivity contribution >= 4 is 58.3 Å². The van der Waals surface area contributed by atoms with E-state index in [0.717, 1.165) is 73.1 Å². The molecule has 3 saturated heterocycles. The van der Waals surface area contributed by atoms with Crippen molar-refractivity contribution in [2.24, 2.45) is 5.41 Å². The van der Waals surface area contributed by atoms with Gasteiger partial charge >= 0.3 is 0 Å². The molecule has 2 atom stereocenters. The van der Waals surface area contributed by atoms with Gasteiger partial charge in [0.25, 0.3) is 0 Å². The number of nitrogens with one attached hydrogen (secondary N) is 3. The van der Waals surface area contributed by atoms with E-state index in [1.807, 2.05) is 11.4 Å². The molecule has 2 amide bonds. The van der Waals surface area contributed by atoms with Crippen LogP contribution in [0.3, 0.4) is 0 Å². The Kier molecular flexibility index (Phi) is 9.91. The van der Waals surface area contributed by atoms with Gasteiger partial charge in [0.05, 0.1) is 33.6 Å². The Hall–Kier alpha value is -3.25. The highest BCUT2D eigenvalue weighted by Crippen LogP contribution is 2.41. The van der Waals surface area contributed by atoms with Crippen molar-refractivity contribution in [3.63, 3.8) is 0 Å². The summed E-state index contributed by atoms with van der Waals surface area (Å²) in [6.07, 6.45) is 5.94. The molecular formula is C34H39ClN8O3S2. The number of pyridine rings is 1. The fourth-order valence-corrected chi connectivity index (χ4v) is 8.57. The third-order valence-electron chi connectivity index (χ3n) is 10.1. The minimum atomic E-state index is -0.430. The maximum absolute atomic E-state index is 12.6. The summed E-state index contributed by atoms with van der Waals surface area (Å²) in [7, 11) is 0. The van der Waals surface area contributed by atoms with Crippen LogP contribution in [0.1, 0.15) is 60.6 Å². The molecule has 0 saturated carbocycles. The van der Waals surface area contributed by atoms with Crippen molar-refractivity contribution in [2.75, 3.05) is 43.5 Å². The monoisotopic (exact) mass is 706 g/mol. The third-order valence-corrected chi connectivity index (χ3v) is 11.8. The summed E-state index contributed by atoms with van der Waals surface area (Å²) in [5.41, 5.74) is 4.83. The number of amides is 2. The lowest BCUT2D eigenvalue weighted by molar-refractivity contribution is -0.137. The summed E-state index contributed by atoms with van der Waals surface area (Å²) in [5, 5.41) is 22.4. The van der Waals surface area contributed by atoms with Crippen LogP contribution >= 0.6 is 35.6 Å². The number of nitriles is 1. The highest BCUT2D eigenvalue weighted by molar-refractivity contribution is 7.80. The van der Waals surface area contributed by atoms with Gasteiger partial charge in [0.1, 0.15) is 5.82 Å². The smallest absolute Gasteiger partial charge is 0.243 e. The summed E-state index contributed by atoms with van der Waals surface area (Å²) >= 11 is 13.0. The lowest BCUT2D eigenvalue weighted by Gasteiger charge is -2.33. The van der Waals surface area contributed by atoms with Crippen molar-refractivity contribution in [3.8, 4) is 17.3 Å². The zero-order chi connectivity index (χ0) is 33.3. The molecule has 252 valence electrons. The number of aromatic nitrogens is 2. The summed E-state index contributed by atoms with van der Waals surface area (Å²) < 4.78 is 5.45. The number of fused-ring (bicyclic) bond motifs is 1. The maximum Gasteiger partial charge on any atom is 0.243 e. The average molecular weight is 707 g/mol. The minimum Gasteiger partial charge on any atom is -0.381 e. The number of imide groups is 1. The molecule has 4 aliphatic heterocycles. The first-order valence-electron chi connectivity index (χ1n) is 16.5. The largest absolute Gasteiger partial charge is 0.381 e. The molecule has 0 aliphatic carbocycles. The Balaban J connectivity index is 0.939. The number of carbonyl (C=O) groups excluding carboxylic acids is 2. The summed E-state index contributed by atoms with van der Waals surface area (Å²) in [6, 6.07) is 10.8. The number of rotatable bonds is 9. The first-order chi connectivity index (χ1) is 23.3. The van der Waals surface area contributed by atoms with E-state index in [-0.39, 0.29) is 29.3 Å². The molecular weight excluding hydrogens is 668 g/mol. The Morgan fingerprint density at radius 2 is 2.02 bits per heavy atom. The molecule has 3 fully saturated rings. The van der Waals surface area contributed by atoms with Crippen LogP contribution in [0.2, 0.25) is 5.02 Å². The number of ether oxygens (including phenoxy) is 1. The first-order valence-corrected chi connectivity index (χ1v) is 18.3. The van der Waals surface area contributed by atoms with Gasteiger partial charge in [0, 0.05) is 75.5 Å². The molecule has 6 heterocycles. The van der Waals surface area contributed by atoms with Crippen LogP contribution in [0.15, 0.2) is 35.8 Å². The molecule has 7 rings (SSSR count). The van der Waals surface area contributed by atoms with Gasteiger partial charge in [0.15, 0.2) is 5.13 Å². The molecule has 1 aromatic carbocycles. The van der Waals surface area contributed by atoms with Crippen molar-refractivity contribution in [1.29, 1.82) is 5.26 Å². The molecule has 2 unspecified atom stereocenters. The molecule has 0 bridgehead atoms. The second-order valence-corrected chi connectivity index (χ2v) is 14.9. The van der Waals surface area contributed by atoms with Gasteiger partial charge < -0.3 is 15.4 Å². The van der Waals surface area contributed by atoms with Crippen molar-refractivity contribution in [1.82, 2.24) is 25.1 Å². The Morgan fingerprint density at radius 3 is 2.79 bits per heavy atom. The quantitative estimate of drug-likeness (QED) is 0.173. The van der Waals surface area contributed by atoms with Crippen molar-refractivity contribution < 1.29 is 14.3 Å². The van der Waals surface area contributed by atoms with Gasteiger partial charge in [0.2, 0.25) is 11.8 Å². The lowest BCUT2D eigenvalue weighted by atomic mass is 9.82. The van der Waals surface area contributed by atoms with E-state index in [1.165, 1.54) is 22.5 Å². The molecule has 14 heteroatoms. The van der Waals surface area contributed by atoms with Crippen LogP contribution in [0.25, 0.3) is 11.3 Å². The minimum absolute atomic E-state index is 0.171. The second-order valence-electron chi connectivity index (χ2n) is 13.1. The number of likely N-dealkylation sites (tertiary alicyclic amines) is 1. The predicted molar refractivity (Wildman–Crippen MR) is 189 cm³/mol. The predicted octanol–water partition coefficient (Wildman–Crippen LogP) is 5.22. The Bertz CT molecular complexity index is 1720. The number of piperidine rings is 2. The van der Waals surface area contributed by atoms with Crippen molar-refractivity contribution in [3.05, 3.63) is 57.6 Å². The number of hydrogen-bond donors (Lipinski definition) is 4. The molecule has 0 spiro atoms. The third kappa shape index (κ3) is 7.06.